The summed E-state index contributed by atoms with van der Waals surface area (Å²) in [6, 6.07) is 20.2. The second-order valence-electron chi connectivity index (χ2n) is 8.69. The smallest absolute Gasteiger partial charge is 0.411 e. The minimum Gasteiger partial charge on any atom is -0.438 e. The van der Waals surface area contributed by atoms with Gasteiger partial charge in [-0.25, -0.2) is 13.6 Å². The van der Waals surface area contributed by atoms with Crippen molar-refractivity contribution in [2.45, 2.75) is 44.2 Å². The fraction of sp³-hybridized carbons (Fsp3) is 0.321. The first-order valence-electron chi connectivity index (χ1n) is 11.7. The van der Waals surface area contributed by atoms with Crippen LogP contribution in [0.2, 0.25) is 0 Å². The number of aliphatic hydroxyl groups is 1. The summed E-state index contributed by atoms with van der Waals surface area (Å²) in [6.07, 6.45) is 1.80. The number of nitrogens with zero attached hydrogens (tertiary/aromatic N) is 1. The number of hydrogen-bond donors (Lipinski definition) is 1. The molecule has 2 unspecified atom stereocenters. The quantitative estimate of drug-likeness (QED) is 0.408. The van der Waals surface area contributed by atoms with E-state index in [1.165, 1.54) is 24.3 Å². The Kier molecular flexibility index (Phi) is 7.27. The van der Waals surface area contributed by atoms with Crippen LogP contribution in [0.1, 0.15) is 49.8 Å². The van der Waals surface area contributed by atoms with Gasteiger partial charge in [0.1, 0.15) is 17.2 Å². The molecule has 34 heavy (non-hydrogen) atoms. The van der Waals surface area contributed by atoms with E-state index >= 15 is 0 Å². The van der Waals surface area contributed by atoms with Crippen molar-refractivity contribution in [3.8, 4) is 11.1 Å². The summed E-state index contributed by atoms with van der Waals surface area (Å²) in [7, 11) is 0. The molecule has 4 nitrogen and oxygen atoms in total. The lowest BCUT2D eigenvalue weighted by Crippen LogP contribution is -2.49. The van der Waals surface area contributed by atoms with Crippen molar-refractivity contribution in [1.29, 1.82) is 0 Å². The number of carbonyl (C=O) groups excluding carboxylic acids is 1. The molecule has 1 fully saturated rings. The van der Waals surface area contributed by atoms with Crippen molar-refractivity contribution in [3.63, 3.8) is 0 Å². The lowest BCUT2D eigenvalue weighted by Gasteiger charge is -2.44. The highest BCUT2D eigenvalue weighted by Crippen LogP contribution is 2.41. The van der Waals surface area contributed by atoms with Crippen LogP contribution in [0.15, 0.2) is 72.8 Å². The predicted molar refractivity (Wildman–Crippen MR) is 127 cm³/mol. The number of halogens is 2. The molecule has 1 aliphatic rings. The molecule has 1 aliphatic heterocycles. The molecule has 4 rings (SSSR count). The lowest BCUT2D eigenvalue weighted by atomic mass is 9.84. The summed E-state index contributed by atoms with van der Waals surface area (Å²) in [5.74, 6) is -0.620. The van der Waals surface area contributed by atoms with Gasteiger partial charge in [-0.05, 0) is 65.8 Å². The van der Waals surface area contributed by atoms with Crippen molar-refractivity contribution in [1.82, 2.24) is 4.90 Å². The standard InChI is InChI=1S/C28H29F2NO3/c1-2-26(22-6-4-20(5-7-22)21-8-12-24(29)13-9-21)31-18-17-28(16-3-19-32,34-27(31)33)23-10-14-25(30)15-11-23/h4-15,26,32H,2-3,16-19H2,1H3. The van der Waals surface area contributed by atoms with Crippen LogP contribution in [-0.4, -0.2) is 29.3 Å². The van der Waals surface area contributed by atoms with E-state index in [4.69, 9.17) is 4.74 Å². The number of rotatable bonds is 8. The molecule has 0 spiro atoms. The SMILES string of the molecule is CCC(c1ccc(-c2ccc(F)cc2)cc1)N1CCC(CCCO)(c2ccc(F)cc2)OC1=O. The molecule has 1 heterocycles. The number of amides is 1. The van der Waals surface area contributed by atoms with E-state index in [0.717, 1.165) is 22.3 Å². The highest BCUT2D eigenvalue weighted by atomic mass is 19.1. The number of hydrogen-bond acceptors (Lipinski definition) is 3. The first-order valence-corrected chi connectivity index (χ1v) is 11.7. The van der Waals surface area contributed by atoms with Crippen LogP contribution in [0.4, 0.5) is 13.6 Å². The van der Waals surface area contributed by atoms with Gasteiger partial charge in [-0.3, -0.25) is 0 Å². The van der Waals surface area contributed by atoms with Gasteiger partial charge < -0.3 is 14.7 Å². The number of cyclic esters (lactones) is 1. The summed E-state index contributed by atoms with van der Waals surface area (Å²) in [6.45, 7) is 2.50. The summed E-state index contributed by atoms with van der Waals surface area (Å²) in [5, 5.41) is 9.38. The Morgan fingerprint density at radius 3 is 2.03 bits per heavy atom. The fourth-order valence-corrected chi connectivity index (χ4v) is 4.77. The van der Waals surface area contributed by atoms with Crippen molar-refractivity contribution < 1.29 is 23.4 Å². The molecule has 0 bridgehead atoms. The largest absolute Gasteiger partial charge is 0.438 e. The van der Waals surface area contributed by atoms with Crippen LogP contribution in [0, 0.1) is 11.6 Å². The van der Waals surface area contributed by atoms with Gasteiger partial charge in [0, 0.05) is 19.6 Å². The normalized spacial score (nSPS) is 19.1. The van der Waals surface area contributed by atoms with Gasteiger partial charge >= 0.3 is 6.09 Å². The van der Waals surface area contributed by atoms with Crippen molar-refractivity contribution in [2.24, 2.45) is 0 Å². The molecule has 178 valence electrons. The van der Waals surface area contributed by atoms with Gasteiger partial charge in [0.2, 0.25) is 0 Å². The summed E-state index contributed by atoms with van der Waals surface area (Å²) < 4.78 is 32.8. The Hall–Kier alpha value is -3.25. The van der Waals surface area contributed by atoms with Crippen molar-refractivity contribution in [3.05, 3.63) is 95.6 Å². The maximum Gasteiger partial charge on any atom is 0.411 e. The number of benzene rings is 3. The molecule has 0 radical (unpaired) electrons. The molecule has 1 amide bonds. The van der Waals surface area contributed by atoms with Crippen LogP contribution in [0.3, 0.4) is 0 Å². The highest BCUT2D eigenvalue weighted by molar-refractivity contribution is 5.70. The predicted octanol–water partition coefficient (Wildman–Crippen LogP) is 6.59. The first kappa shape index (κ1) is 23.9. The average Bonchev–Trinajstić information content (AvgIpc) is 2.86. The molecule has 6 heteroatoms. The van der Waals surface area contributed by atoms with E-state index in [0.29, 0.717) is 32.2 Å². The van der Waals surface area contributed by atoms with Gasteiger partial charge in [-0.15, -0.1) is 0 Å². The number of ether oxygens (including phenoxy) is 1. The number of carbonyl (C=O) groups is 1. The Morgan fingerprint density at radius 2 is 1.50 bits per heavy atom. The van der Waals surface area contributed by atoms with Gasteiger partial charge in [0.05, 0.1) is 6.04 Å². The van der Waals surface area contributed by atoms with Gasteiger partial charge in [0.15, 0.2) is 0 Å². The van der Waals surface area contributed by atoms with Crippen LogP contribution in [-0.2, 0) is 10.3 Å². The molecule has 2 atom stereocenters. The van der Waals surface area contributed by atoms with E-state index in [2.05, 4.69) is 0 Å². The van der Waals surface area contributed by atoms with E-state index in [1.54, 1.807) is 29.2 Å². The molecule has 1 N–H and O–H groups in total. The molecule has 3 aromatic rings. The van der Waals surface area contributed by atoms with E-state index in [9.17, 15) is 18.7 Å². The molecular weight excluding hydrogens is 436 g/mol. The van der Waals surface area contributed by atoms with E-state index < -0.39 is 11.7 Å². The van der Waals surface area contributed by atoms with Gasteiger partial charge in [-0.2, -0.15) is 0 Å². The summed E-state index contributed by atoms with van der Waals surface area (Å²) in [5.41, 5.74) is 2.75. The minimum atomic E-state index is -0.880. The number of aliphatic hydroxyl groups excluding tert-OH is 1. The molecule has 0 aliphatic carbocycles. The Labute approximate surface area is 198 Å². The fourth-order valence-electron chi connectivity index (χ4n) is 4.77. The van der Waals surface area contributed by atoms with Gasteiger partial charge in [0.25, 0.3) is 0 Å². The molecule has 1 saturated heterocycles. The van der Waals surface area contributed by atoms with Crippen LogP contribution >= 0.6 is 0 Å². The molecule has 3 aromatic carbocycles. The zero-order chi connectivity index (χ0) is 24.1. The third kappa shape index (κ3) is 4.97. The minimum absolute atomic E-state index is 0.0117. The molecule has 0 aromatic heterocycles. The third-order valence-electron chi connectivity index (χ3n) is 6.62. The molecular formula is C28H29F2NO3. The van der Waals surface area contributed by atoms with Crippen molar-refractivity contribution >= 4 is 6.09 Å². The second kappa shape index (κ2) is 10.3. The maximum absolute atomic E-state index is 13.5. The zero-order valence-electron chi connectivity index (χ0n) is 19.2. The van der Waals surface area contributed by atoms with E-state index in [1.807, 2.05) is 31.2 Å². The van der Waals surface area contributed by atoms with Crippen LogP contribution in [0.25, 0.3) is 11.1 Å². The third-order valence-corrected chi connectivity index (χ3v) is 6.62. The van der Waals surface area contributed by atoms with Crippen LogP contribution in [0.5, 0.6) is 0 Å². The Bertz CT molecular complexity index is 1100. The monoisotopic (exact) mass is 465 g/mol. The second-order valence-corrected chi connectivity index (χ2v) is 8.69. The van der Waals surface area contributed by atoms with Gasteiger partial charge in [-0.1, -0.05) is 55.5 Å². The lowest BCUT2D eigenvalue weighted by molar-refractivity contribution is -0.0697. The Balaban J connectivity index is 1.54. The zero-order valence-corrected chi connectivity index (χ0v) is 19.2. The summed E-state index contributed by atoms with van der Waals surface area (Å²) >= 11 is 0. The highest BCUT2D eigenvalue weighted by Gasteiger charge is 2.43. The average molecular weight is 466 g/mol. The van der Waals surface area contributed by atoms with Crippen LogP contribution < -0.4 is 0 Å². The Morgan fingerprint density at radius 1 is 0.941 bits per heavy atom. The maximum atomic E-state index is 13.5. The molecule has 0 saturated carbocycles. The first-order chi connectivity index (χ1) is 16.5. The van der Waals surface area contributed by atoms with E-state index in [-0.39, 0.29) is 24.3 Å². The summed E-state index contributed by atoms with van der Waals surface area (Å²) in [4.78, 5) is 15.0. The van der Waals surface area contributed by atoms with Crippen molar-refractivity contribution in [2.75, 3.05) is 13.2 Å². The topological polar surface area (TPSA) is 49.8 Å².